The molecule has 7 heteroatoms. The maximum Gasteiger partial charge on any atom is 0.222 e. The lowest BCUT2D eigenvalue weighted by molar-refractivity contribution is -0.128. The molecule has 0 saturated carbocycles. The van der Waals surface area contributed by atoms with Gasteiger partial charge in [-0.2, -0.15) is 0 Å². The summed E-state index contributed by atoms with van der Waals surface area (Å²) in [5.74, 6) is 1.95. The van der Waals surface area contributed by atoms with E-state index < -0.39 is 0 Å². The molecular formula is C23H31IN4O2. The Bertz CT molecular complexity index is 872. The standard InChI is InChI=1S/C23H30N4O2.HI/c1-24-23(26(2)17-20-10-4-5-11-21(20)29-3)25-15-18-8-6-9-19(14-18)16-27-13-7-12-22(27)28;/h4-6,8-11,14H,7,12-13,15-17H2,1-3H3,(H,24,25);1H. The first-order chi connectivity index (χ1) is 14.1. The number of para-hydroxylation sites is 1. The van der Waals surface area contributed by atoms with Gasteiger partial charge in [-0.25, -0.2) is 0 Å². The number of rotatable bonds is 7. The minimum Gasteiger partial charge on any atom is -0.496 e. The van der Waals surface area contributed by atoms with E-state index in [-0.39, 0.29) is 29.9 Å². The van der Waals surface area contributed by atoms with Crippen molar-refractivity contribution in [1.82, 2.24) is 15.1 Å². The van der Waals surface area contributed by atoms with Crippen molar-refractivity contribution in [2.75, 3.05) is 27.7 Å². The molecule has 0 unspecified atom stereocenters. The summed E-state index contributed by atoms with van der Waals surface area (Å²) in [6.07, 6.45) is 1.64. The summed E-state index contributed by atoms with van der Waals surface area (Å²) in [5, 5.41) is 3.43. The fourth-order valence-corrected chi connectivity index (χ4v) is 3.66. The summed E-state index contributed by atoms with van der Waals surface area (Å²) in [4.78, 5) is 20.3. The fourth-order valence-electron chi connectivity index (χ4n) is 3.66. The molecule has 0 aliphatic carbocycles. The van der Waals surface area contributed by atoms with E-state index in [1.807, 2.05) is 36.2 Å². The van der Waals surface area contributed by atoms with Crippen LogP contribution in [0.2, 0.25) is 0 Å². The Morgan fingerprint density at radius 1 is 1.20 bits per heavy atom. The van der Waals surface area contributed by atoms with E-state index in [0.717, 1.165) is 35.8 Å². The number of ether oxygens (including phenoxy) is 1. The predicted octanol–water partition coefficient (Wildman–Crippen LogP) is 3.64. The highest BCUT2D eigenvalue weighted by Crippen LogP contribution is 2.19. The van der Waals surface area contributed by atoms with Crippen molar-refractivity contribution in [3.05, 3.63) is 65.2 Å². The van der Waals surface area contributed by atoms with Gasteiger partial charge in [0, 0.05) is 52.3 Å². The molecule has 1 heterocycles. The first-order valence-electron chi connectivity index (χ1n) is 10.00. The van der Waals surface area contributed by atoms with Crippen LogP contribution < -0.4 is 10.1 Å². The molecule has 2 aromatic carbocycles. The van der Waals surface area contributed by atoms with E-state index in [2.05, 4.69) is 39.5 Å². The van der Waals surface area contributed by atoms with Crippen LogP contribution in [0.5, 0.6) is 5.75 Å². The number of aliphatic imine (C=N–C) groups is 1. The van der Waals surface area contributed by atoms with Crippen molar-refractivity contribution in [3.8, 4) is 5.75 Å². The molecular weight excluding hydrogens is 491 g/mol. The number of carbonyl (C=O) groups excluding carboxylic acids is 1. The molecule has 2 aromatic rings. The zero-order valence-corrected chi connectivity index (χ0v) is 20.3. The molecule has 1 aliphatic heterocycles. The van der Waals surface area contributed by atoms with E-state index in [1.54, 1.807) is 14.2 Å². The minimum atomic E-state index is 0. The van der Waals surface area contributed by atoms with E-state index in [0.29, 0.717) is 26.1 Å². The Morgan fingerprint density at radius 2 is 1.97 bits per heavy atom. The molecule has 1 N–H and O–H groups in total. The number of likely N-dealkylation sites (tertiary alicyclic amines) is 1. The van der Waals surface area contributed by atoms with Gasteiger partial charge < -0.3 is 19.9 Å². The highest BCUT2D eigenvalue weighted by Gasteiger charge is 2.20. The Hall–Kier alpha value is -2.29. The average molecular weight is 522 g/mol. The Morgan fingerprint density at radius 3 is 2.67 bits per heavy atom. The molecule has 1 amide bonds. The van der Waals surface area contributed by atoms with Crippen molar-refractivity contribution in [2.24, 2.45) is 4.99 Å². The summed E-state index contributed by atoms with van der Waals surface area (Å²) in [5.41, 5.74) is 3.44. The third-order valence-electron chi connectivity index (χ3n) is 5.16. The number of nitrogens with one attached hydrogen (secondary N) is 1. The molecule has 1 saturated heterocycles. The Balaban J connectivity index is 0.00000320. The second-order valence-corrected chi connectivity index (χ2v) is 7.31. The molecule has 0 bridgehead atoms. The maximum absolute atomic E-state index is 11.9. The van der Waals surface area contributed by atoms with Crippen LogP contribution in [-0.2, 0) is 24.4 Å². The topological polar surface area (TPSA) is 57.2 Å². The first-order valence-corrected chi connectivity index (χ1v) is 10.00. The van der Waals surface area contributed by atoms with Gasteiger partial charge in [0.1, 0.15) is 5.75 Å². The predicted molar refractivity (Wildman–Crippen MR) is 131 cm³/mol. The van der Waals surface area contributed by atoms with Crippen molar-refractivity contribution < 1.29 is 9.53 Å². The number of nitrogens with zero attached hydrogens (tertiary/aromatic N) is 3. The zero-order valence-electron chi connectivity index (χ0n) is 17.9. The van der Waals surface area contributed by atoms with E-state index in [9.17, 15) is 4.79 Å². The lowest BCUT2D eigenvalue weighted by Crippen LogP contribution is -2.38. The molecule has 0 atom stereocenters. The number of guanidine groups is 1. The monoisotopic (exact) mass is 522 g/mol. The molecule has 3 rings (SSSR count). The molecule has 6 nitrogen and oxygen atoms in total. The molecule has 1 fully saturated rings. The SMILES string of the molecule is CN=C(NCc1cccc(CN2CCCC2=O)c1)N(C)Cc1ccccc1OC.I. The maximum atomic E-state index is 11.9. The normalized spacial score (nSPS) is 13.8. The van der Waals surface area contributed by atoms with E-state index in [4.69, 9.17) is 4.74 Å². The number of hydrogen-bond acceptors (Lipinski definition) is 3. The van der Waals surface area contributed by atoms with Crippen LogP contribution in [0.15, 0.2) is 53.5 Å². The fraction of sp³-hybridized carbons (Fsp3) is 0.391. The number of carbonyl (C=O) groups is 1. The van der Waals surface area contributed by atoms with Crippen molar-refractivity contribution in [3.63, 3.8) is 0 Å². The number of halogens is 1. The van der Waals surface area contributed by atoms with Crippen molar-refractivity contribution in [2.45, 2.75) is 32.5 Å². The second kappa shape index (κ2) is 11.8. The zero-order chi connectivity index (χ0) is 20.6. The van der Waals surface area contributed by atoms with Crippen LogP contribution in [0.3, 0.4) is 0 Å². The number of benzene rings is 2. The lowest BCUT2D eigenvalue weighted by Gasteiger charge is -2.23. The molecule has 0 radical (unpaired) electrons. The summed E-state index contributed by atoms with van der Waals surface area (Å²) in [6.45, 7) is 2.92. The lowest BCUT2D eigenvalue weighted by atomic mass is 10.1. The summed E-state index contributed by atoms with van der Waals surface area (Å²) in [7, 11) is 5.49. The van der Waals surface area contributed by atoms with Crippen LogP contribution in [-0.4, -0.2) is 49.4 Å². The van der Waals surface area contributed by atoms with Gasteiger partial charge >= 0.3 is 0 Å². The smallest absolute Gasteiger partial charge is 0.222 e. The number of hydrogen-bond donors (Lipinski definition) is 1. The molecule has 0 aromatic heterocycles. The highest BCUT2D eigenvalue weighted by atomic mass is 127. The molecule has 162 valence electrons. The van der Waals surface area contributed by atoms with Gasteiger partial charge in [-0.1, -0.05) is 42.5 Å². The number of methoxy groups -OCH3 is 1. The van der Waals surface area contributed by atoms with Crippen LogP contribution in [0.4, 0.5) is 0 Å². The van der Waals surface area contributed by atoms with Crippen LogP contribution in [0, 0.1) is 0 Å². The van der Waals surface area contributed by atoms with Crippen LogP contribution in [0.1, 0.15) is 29.5 Å². The van der Waals surface area contributed by atoms with Gasteiger partial charge in [0.25, 0.3) is 0 Å². The Kier molecular flexibility index (Phi) is 9.42. The van der Waals surface area contributed by atoms with Crippen LogP contribution >= 0.6 is 24.0 Å². The van der Waals surface area contributed by atoms with Crippen molar-refractivity contribution in [1.29, 1.82) is 0 Å². The quantitative estimate of drug-likeness (QED) is 0.343. The molecule has 1 aliphatic rings. The average Bonchev–Trinajstić information content (AvgIpc) is 3.13. The van der Waals surface area contributed by atoms with Gasteiger partial charge in [-0.15, -0.1) is 24.0 Å². The van der Waals surface area contributed by atoms with Crippen LogP contribution in [0.25, 0.3) is 0 Å². The number of amides is 1. The van der Waals surface area contributed by atoms with Gasteiger partial charge in [0.2, 0.25) is 5.91 Å². The first kappa shape index (κ1) is 24.0. The van der Waals surface area contributed by atoms with E-state index >= 15 is 0 Å². The summed E-state index contributed by atoms with van der Waals surface area (Å²) >= 11 is 0. The summed E-state index contributed by atoms with van der Waals surface area (Å²) < 4.78 is 5.45. The van der Waals surface area contributed by atoms with Gasteiger partial charge in [-0.05, 0) is 23.6 Å². The third kappa shape index (κ3) is 6.35. The highest BCUT2D eigenvalue weighted by molar-refractivity contribution is 14.0. The third-order valence-corrected chi connectivity index (χ3v) is 5.16. The van der Waals surface area contributed by atoms with Gasteiger partial charge in [-0.3, -0.25) is 9.79 Å². The van der Waals surface area contributed by atoms with Gasteiger partial charge in [0.15, 0.2) is 5.96 Å². The molecule has 30 heavy (non-hydrogen) atoms. The minimum absolute atomic E-state index is 0. The second-order valence-electron chi connectivity index (χ2n) is 7.31. The largest absolute Gasteiger partial charge is 0.496 e. The molecule has 0 spiro atoms. The van der Waals surface area contributed by atoms with E-state index in [1.165, 1.54) is 5.56 Å². The Labute approximate surface area is 196 Å². The summed E-state index contributed by atoms with van der Waals surface area (Å²) in [6, 6.07) is 16.4. The van der Waals surface area contributed by atoms with Gasteiger partial charge in [0.05, 0.1) is 7.11 Å². The van der Waals surface area contributed by atoms with Crippen molar-refractivity contribution >= 4 is 35.8 Å².